The van der Waals surface area contributed by atoms with Crippen LogP contribution in [0, 0.1) is 5.92 Å². The molecule has 1 aliphatic heterocycles. The molecule has 0 spiro atoms. The van der Waals surface area contributed by atoms with Gasteiger partial charge in [-0.15, -0.1) is 0 Å². The van der Waals surface area contributed by atoms with E-state index in [0.29, 0.717) is 29.8 Å². The van der Waals surface area contributed by atoms with Crippen LogP contribution in [0.25, 0.3) is 0 Å². The fourth-order valence-electron chi connectivity index (χ4n) is 3.59. The Kier molecular flexibility index (Phi) is 7.76. The van der Waals surface area contributed by atoms with E-state index >= 15 is 0 Å². The minimum atomic E-state index is 0.135. The zero-order valence-corrected chi connectivity index (χ0v) is 17.2. The van der Waals surface area contributed by atoms with Gasteiger partial charge in [0.05, 0.1) is 14.2 Å². The Morgan fingerprint density at radius 3 is 2.28 bits per heavy atom. The van der Waals surface area contributed by atoms with Crippen molar-refractivity contribution in [2.75, 3.05) is 47.0 Å². The highest BCUT2D eigenvalue weighted by molar-refractivity contribution is 5.94. The van der Waals surface area contributed by atoms with Gasteiger partial charge in [0, 0.05) is 25.2 Å². The molecule has 0 unspecified atom stereocenters. The summed E-state index contributed by atoms with van der Waals surface area (Å²) in [7, 11) is 3.24. The summed E-state index contributed by atoms with van der Waals surface area (Å²) in [5, 5.41) is 3.47. The molecular formula is C23H30N2O4. The van der Waals surface area contributed by atoms with E-state index in [9.17, 15) is 4.79 Å². The average molecular weight is 399 g/mol. The first-order valence-corrected chi connectivity index (χ1v) is 10.1. The molecule has 3 rings (SSSR count). The Labute approximate surface area is 172 Å². The molecule has 0 radical (unpaired) electrons. The minimum absolute atomic E-state index is 0.135. The third-order valence-corrected chi connectivity index (χ3v) is 5.26. The van der Waals surface area contributed by atoms with Crippen molar-refractivity contribution in [3.8, 4) is 17.2 Å². The lowest BCUT2D eigenvalue weighted by Gasteiger charge is -2.32. The Bertz CT molecular complexity index is 751. The van der Waals surface area contributed by atoms with Crippen molar-refractivity contribution in [1.82, 2.24) is 10.2 Å². The van der Waals surface area contributed by atoms with E-state index in [1.54, 1.807) is 14.2 Å². The number of carbonyl (C=O) groups excluding carboxylic acids is 1. The van der Waals surface area contributed by atoms with Crippen molar-refractivity contribution >= 4 is 5.91 Å². The molecule has 156 valence electrons. The molecule has 1 heterocycles. The zero-order chi connectivity index (χ0) is 20.5. The molecule has 0 aromatic heterocycles. The summed E-state index contributed by atoms with van der Waals surface area (Å²) in [5.74, 6) is 2.68. The standard InChI is InChI=1S/C23H30N2O4/c1-27-20-9-6-10-21(28-2)22(20)29-16-13-24-17-18-11-14-25(15-12-18)23(26)19-7-4-3-5-8-19/h3-10,18,24H,11-17H2,1-2H3. The smallest absolute Gasteiger partial charge is 0.253 e. The van der Waals surface area contributed by atoms with Crippen molar-refractivity contribution in [3.05, 3.63) is 54.1 Å². The molecule has 1 N–H and O–H groups in total. The van der Waals surface area contributed by atoms with Crippen LogP contribution in [0.5, 0.6) is 17.2 Å². The van der Waals surface area contributed by atoms with E-state index in [1.807, 2.05) is 53.4 Å². The highest BCUT2D eigenvalue weighted by Gasteiger charge is 2.23. The van der Waals surface area contributed by atoms with Crippen LogP contribution in [0.1, 0.15) is 23.2 Å². The second-order valence-corrected chi connectivity index (χ2v) is 7.15. The topological polar surface area (TPSA) is 60.0 Å². The predicted molar refractivity (Wildman–Crippen MR) is 113 cm³/mol. The van der Waals surface area contributed by atoms with E-state index in [0.717, 1.165) is 44.6 Å². The van der Waals surface area contributed by atoms with E-state index in [2.05, 4.69) is 5.32 Å². The van der Waals surface area contributed by atoms with Gasteiger partial charge in [0.1, 0.15) is 6.61 Å². The summed E-state index contributed by atoms with van der Waals surface area (Å²) < 4.78 is 16.6. The van der Waals surface area contributed by atoms with E-state index < -0.39 is 0 Å². The molecule has 0 atom stereocenters. The van der Waals surface area contributed by atoms with Crippen LogP contribution in [0.2, 0.25) is 0 Å². The quantitative estimate of drug-likeness (QED) is 0.657. The van der Waals surface area contributed by atoms with Gasteiger partial charge >= 0.3 is 0 Å². The number of nitrogens with one attached hydrogen (secondary N) is 1. The second kappa shape index (κ2) is 10.7. The zero-order valence-electron chi connectivity index (χ0n) is 17.2. The first-order valence-electron chi connectivity index (χ1n) is 10.1. The second-order valence-electron chi connectivity index (χ2n) is 7.15. The summed E-state index contributed by atoms with van der Waals surface area (Å²) >= 11 is 0. The van der Waals surface area contributed by atoms with Crippen molar-refractivity contribution < 1.29 is 19.0 Å². The predicted octanol–water partition coefficient (Wildman–Crippen LogP) is 3.22. The molecule has 6 nitrogen and oxygen atoms in total. The van der Waals surface area contributed by atoms with Crippen molar-refractivity contribution in [3.63, 3.8) is 0 Å². The molecule has 29 heavy (non-hydrogen) atoms. The number of nitrogens with zero attached hydrogens (tertiary/aromatic N) is 1. The van der Waals surface area contributed by atoms with Gasteiger partial charge in [0.2, 0.25) is 5.75 Å². The highest BCUT2D eigenvalue weighted by Crippen LogP contribution is 2.36. The molecule has 2 aromatic rings. The average Bonchev–Trinajstić information content (AvgIpc) is 2.79. The number of rotatable bonds is 9. The Morgan fingerprint density at radius 2 is 1.66 bits per heavy atom. The number of hydrogen-bond acceptors (Lipinski definition) is 5. The maximum Gasteiger partial charge on any atom is 0.253 e. The first-order chi connectivity index (χ1) is 14.2. The number of para-hydroxylation sites is 1. The van der Waals surface area contributed by atoms with Gasteiger partial charge < -0.3 is 24.4 Å². The van der Waals surface area contributed by atoms with Crippen LogP contribution in [-0.4, -0.2) is 57.8 Å². The lowest BCUT2D eigenvalue weighted by atomic mass is 9.96. The molecule has 0 aliphatic carbocycles. The fraction of sp³-hybridized carbons (Fsp3) is 0.435. The van der Waals surface area contributed by atoms with Crippen molar-refractivity contribution in [1.29, 1.82) is 0 Å². The number of likely N-dealkylation sites (tertiary alicyclic amines) is 1. The number of piperidine rings is 1. The summed E-state index contributed by atoms with van der Waals surface area (Å²) in [6, 6.07) is 15.1. The number of methoxy groups -OCH3 is 2. The highest BCUT2D eigenvalue weighted by atomic mass is 16.5. The Balaban J connectivity index is 1.36. The summed E-state index contributed by atoms with van der Waals surface area (Å²) in [6.45, 7) is 3.83. The maximum absolute atomic E-state index is 12.5. The normalized spacial score (nSPS) is 14.5. The molecule has 2 aromatic carbocycles. The largest absolute Gasteiger partial charge is 0.493 e. The van der Waals surface area contributed by atoms with Crippen LogP contribution in [-0.2, 0) is 0 Å². The van der Waals surface area contributed by atoms with Gasteiger partial charge in [-0.1, -0.05) is 24.3 Å². The Morgan fingerprint density at radius 1 is 1.00 bits per heavy atom. The summed E-state index contributed by atoms with van der Waals surface area (Å²) in [6.07, 6.45) is 2.04. The van der Waals surface area contributed by atoms with E-state index in [1.165, 1.54) is 0 Å². The lowest BCUT2D eigenvalue weighted by Crippen LogP contribution is -2.41. The van der Waals surface area contributed by atoms with Crippen molar-refractivity contribution in [2.45, 2.75) is 12.8 Å². The molecule has 0 saturated carbocycles. The SMILES string of the molecule is COc1cccc(OC)c1OCCNCC1CCN(C(=O)c2ccccc2)CC1. The minimum Gasteiger partial charge on any atom is -0.493 e. The molecule has 0 bridgehead atoms. The van der Waals surface area contributed by atoms with Crippen molar-refractivity contribution in [2.24, 2.45) is 5.92 Å². The molecule has 6 heteroatoms. The van der Waals surface area contributed by atoms with Gasteiger partial charge in [-0.25, -0.2) is 0 Å². The van der Waals surface area contributed by atoms with Crippen LogP contribution < -0.4 is 19.5 Å². The van der Waals surface area contributed by atoms with Gasteiger partial charge in [0.15, 0.2) is 11.5 Å². The maximum atomic E-state index is 12.5. The Hall–Kier alpha value is -2.73. The number of ether oxygens (including phenoxy) is 3. The summed E-state index contributed by atoms with van der Waals surface area (Å²) in [5.41, 5.74) is 0.771. The molecule has 1 saturated heterocycles. The van der Waals surface area contributed by atoms with Crippen LogP contribution in [0.3, 0.4) is 0 Å². The third-order valence-electron chi connectivity index (χ3n) is 5.26. The van der Waals surface area contributed by atoms with Gasteiger partial charge in [0.25, 0.3) is 5.91 Å². The number of carbonyl (C=O) groups is 1. The van der Waals surface area contributed by atoms with Crippen LogP contribution in [0.4, 0.5) is 0 Å². The van der Waals surface area contributed by atoms with Crippen LogP contribution >= 0.6 is 0 Å². The van der Waals surface area contributed by atoms with Gasteiger partial charge in [-0.05, 0) is 49.6 Å². The first kappa shape index (κ1) is 21.0. The van der Waals surface area contributed by atoms with Gasteiger partial charge in [-0.3, -0.25) is 4.79 Å². The van der Waals surface area contributed by atoms with Gasteiger partial charge in [-0.2, -0.15) is 0 Å². The molecule has 1 amide bonds. The fourth-order valence-corrected chi connectivity index (χ4v) is 3.59. The number of amides is 1. The number of benzene rings is 2. The molecule has 1 fully saturated rings. The van der Waals surface area contributed by atoms with E-state index in [4.69, 9.17) is 14.2 Å². The molecule has 1 aliphatic rings. The van der Waals surface area contributed by atoms with E-state index in [-0.39, 0.29) is 5.91 Å². The number of hydrogen-bond donors (Lipinski definition) is 1. The molecular weight excluding hydrogens is 368 g/mol. The summed E-state index contributed by atoms with van der Waals surface area (Å²) in [4.78, 5) is 14.5. The monoisotopic (exact) mass is 398 g/mol. The van der Waals surface area contributed by atoms with Crippen LogP contribution in [0.15, 0.2) is 48.5 Å². The third kappa shape index (κ3) is 5.64. The lowest BCUT2D eigenvalue weighted by molar-refractivity contribution is 0.0690.